The molecule has 82 valence electrons. The molecule has 6 heteroatoms. The summed E-state index contributed by atoms with van der Waals surface area (Å²) in [5, 5.41) is 0. The van der Waals surface area contributed by atoms with Crippen molar-refractivity contribution in [2.75, 3.05) is 12.0 Å². The van der Waals surface area contributed by atoms with Gasteiger partial charge < -0.3 is 4.74 Å². The van der Waals surface area contributed by atoms with Crippen LogP contribution in [-0.2, 0) is 4.74 Å². The van der Waals surface area contributed by atoms with E-state index >= 15 is 0 Å². The zero-order valence-corrected chi connectivity index (χ0v) is 8.29. The summed E-state index contributed by atoms with van der Waals surface area (Å²) in [6.07, 6.45) is 4.34. The van der Waals surface area contributed by atoms with Gasteiger partial charge in [-0.1, -0.05) is 0 Å². The molecule has 16 heavy (non-hydrogen) atoms. The lowest BCUT2D eigenvalue weighted by molar-refractivity contribution is 0.0580. The van der Waals surface area contributed by atoms with Gasteiger partial charge in [-0.25, -0.2) is 0 Å². The maximum absolute atomic E-state index is 12.0. The minimum Gasteiger partial charge on any atom is -0.495 e. The molecule has 3 heterocycles. The molecule has 0 saturated carbocycles. The molecule has 2 aliphatic heterocycles. The minimum atomic E-state index is -0.229. The summed E-state index contributed by atoms with van der Waals surface area (Å²) >= 11 is 0. The largest absolute Gasteiger partial charge is 0.495 e. The Morgan fingerprint density at radius 3 is 3.19 bits per heavy atom. The fourth-order valence-corrected chi connectivity index (χ4v) is 1.80. The molecular weight excluding hydrogens is 210 g/mol. The van der Waals surface area contributed by atoms with E-state index in [0.717, 1.165) is 0 Å². The lowest BCUT2D eigenvalue weighted by Gasteiger charge is -2.37. The Balaban J connectivity index is 2.12. The maximum Gasteiger partial charge on any atom is 0.278 e. The van der Waals surface area contributed by atoms with Crippen molar-refractivity contribution in [1.82, 2.24) is 9.58 Å². The summed E-state index contributed by atoms with van der Waals surface area (Å²) < 4.78 is 6.66. The van der Waals surface area contributed by atoms with Crippen molar-refractivity contribution in [3.05, 3.63) is 46.7 Å². The van der Waals surface area contributed by atoms with Gasteiger partial charge in [0.15, 0.2) is 11.6 Å². The van der Waals surface area contributed by atoms with E-state index in [1.54, 1.807) is 17.1 Å². The van der Waals surface area contributed by atoms with Crippen LogP contribution in [0.5, 0.6) is 0 Å². The van der Waals surface area contributed by atoms with Crippen LogP contribution in [0.3, 0.4) is 0 Å². The number of ether oxygens (including phenoxy) is 1. The number of nitrogens with zero attached hydrogens (tertiary/aromatic N) is 2. The third-order valence-corrected chi connectivity index (χ3v) is 2.58. The highest BCUT2D eigenvalue weighted by Crippen LogP contribution is 2.16. The fourth-order valence-electron chi connectivity index (χ4n) is 1.80. The van der Waals surface area contributed by atoms with Crippen molar-refractivity contribution in [3.8, 4) is 0 Å². The third-order valence-electron chi connectivity index (χ3n) is 2.58. The van der Waals surface area contributed by atoms with Crippen molar-refractivity contribution in [3.63, 3.8) is 0 Å². The van der Waals surface area contributed by atoms with E-state index < -0.39 is 0 Å². The molecule has 0 saturated heterocycles. The molecule has 6 nitrogen and oxygen atoms in total. The molecule has 1 aromatic heterocycles. The molecule has 3 rings (SSSR count). The maximum atomic E-state index is 12.0. The SMILES string of the molecule is O=C1c2cc(=O)ccn2NC2COC=CN12. The van der Waals surface area contributed by atoms with Crippen LogP contribution in [0.4, 0.5) is 0 Å². The quantitative estimate of drug-likeness (QED) is 0.649. The number of carbonyl (C=O) groups is 1. The molecule has 0 fully saturated rings. The first-order chi connectivity index (χ1) is 7.75. The van der Waals surface area contributed by atoms with Gasteiger partial charge in [0.1, 0.15) is 12.3 Å². The van der Waals surface area contributed by atoms with Gasteiger partial charge in [0.2, 0.25) is 0 Å². The molecule has 1 aromatic rings. The second kappa shape index (κ2) is 3.13. The molecule has 1 unspecified atom stereocenters. The second-order valence-corrected chi connectivity index (χ2v) is 3.59. The molecule has 2 aliphatic rings. The van der Waals surface area contributed by atoms with Gasteiger partial charge in [-0.15, -0.1) is 0 Å². The average Bonchev–Trinajstić information content (AvgIpc) is 2.31. The summed E-state index contributed by atoms with van der Waals surface area (Å²) in [5.41, 5.74) is 3.21. The van der Waals surface area contributed by atoms with Gasteiger partial charge in [0.05, 0.1) is 6.26 Å². The predicted octanol–water partition coefficient (Wildman–Crippen LogP) is -0.325. The van der Waals surface area contributed by atoms with Gasteiger partial charge in [-0.2, -0.15) is 0 Å². The molecule has 0 aromatic carbocycles. The Labute approximate surface area is 90.7 Å². The van der Waals surface area contributed by atoms with Crippen molar-refractivity contribution >= 4 is 5.91 Å². The van der Waals surface area contributed by atoms with E-state index in [1.807, 2.05) is 0 Å². The lowest BCUT2D eigenvalue weighted by Crippen LogP contribution is -2.54. The minimum absolute atomic E-state index is 0.183. The summed E-state index contributed by atoms with van der Waals surface area (Å²) in [6.45, 7) is 0.383. The molecule has 1 amide bonds. The zero-order chi connectivity index (χ0) is 11.1. The van der Waals surface area contributed by atoms with E-state index in [1.165, 1.54) is 23.3 Å². The van der Waals surface area contributed by atoms with Crippen LogP contribution in [-0.4, -0.2) is 28.3 Å². The number of hydrogen-bond acceptors (Lipinski definition) is 4. The molecule has 0 aliphatic carbocycles. The van der Waals surface area contributed by atoms with E-state index in [0.29, 0.717) is 12.3 Å². The number of aromatic nitrogens is 1. The summed E-state index contributed by atoms with van der Waals surface area (Å²) in [7, 11) is 0. The lowest BCUT2D eigenvalue weighted by atomic mass is 10.2. The summed E-state index contributed by atoms with van der Waals surface area (Å²) in [4.78, 5) is 24.7. The Morgan fingerprint density at radius 2 is 2.31 bits per heavy atom. The molecular formula is C10H9N3O3. The fraction of sp³-hybridized carbons (Fsp3) is 0.200. The highest BCUT2D eigenvalue weighted by Gasteiger charge is 2.32. The molecule has 0 radical (unpaired) electrons. The first kappa shape index (κ1) is 9.02. The van der Waals surface area contributed by atoms with Crippen LogP contribution in [0.1, 0.15) is 10.5 Å². The van der Waals surface area contributed by atoms with Crippen LogP contribution in [0.25, 0.3) is 0 Å². The number of hydrogen-bond donors (Lipinski definition) is 1. The number of fused-ring (bicyclic) bond motifs is 2. The Kier molecular flexibility index (Phi) is 1.76. The standard InChI is InChI=1S/C10H9N3O3/c14-7-1-2-13-8(5-7)10(15)12-3-4-16-6-9(12)11-13/h1-5,9,11H,6H2. The van der Waals surface area contributed by atoms with Crippen LogP contribution in [0.15, 0.2) is 35.6 Å². The van der Waals surface area contributed by atoms with Gasteiger partial charge in [-0.3, -0.25) is 24.6 Å². The molecule has 1 atom stereocenters. The predicted molar refractivity (Wildman–Crippen MR) is 55.1 cm³/mol. The van der Waals surface area contributed by atoms with Crippen molar-refractivity contribution in [2.45, 2.75) is 6.17 Å². The molecule has 0 bridgehead atoms. The van der Waals surface area contributed by atoms with Gasteiger partial charge in [0, 0.05) is 24.5 Å². The van der Waals surface area contributed by atoms with Crippen molar-refractivity contribution < 1.29 is 9.53 Å². The number of amides is 1. The number of carbonyl (C=O) groups excluding carboxylic acids is 1. The topological polar surface area (TPSA) is 63.6 Å². The molecule has 0 spiro atoms. The van der Waals surface area contributed by atoms with Crippen molar-refractivity contribution in [2.24, 2.45) is 0 Å². The van der Waals surface area contributed by atoms with E-state index in [9.17, 15) is 9.59 Å². The first-order valence-corrected chi connectivity index (χ1v) is 4.86. The van der Waals surface area contributed by atoms with Crippen LogP contribution >= 0.6 is 0 Å². The Hall–Kier alpha value is -2.24. The highest BCUT2D eigenvalue weighted by molar-refractivity contribution is 5.94. The second-order valence-electron chi connectivity index (χ2n) is 3.59. The Morgan fingerprint density at radius 1 is 1.44 bits per heavy atom. The van der Waals surface area contributed by atoms with Gasteiger partial charge in [0.25, 0.3) is 5.91 Å². The third kappa shape index (κ3) is 1.19. The van der Waals surface area contributed by atoms with E-state index in [2.05, 4.69) is 5.43 Å². The van der Waals surface area contributed by atoms with Crippen LogP contribution in [0, 0.1) is 0 Å². The normalized spacial score (nSPS) is 21.9. The van der Waals surface area contributed by atoms with Crippen LogP contribution < -0.4 is 10.9 Å². The smallest absolute Gasteiger partial charge is 0.278 e. The Bertz CT molecular complexity index is 534. The van der Waals surface area contributed by atoms with Gasteiger partial charge in [-0.05, 0) is 0 Å². The monoisotopic (exact) mass is 219 g/mol. The van der Waals surface area contributed by atoms with Crippen molar-refractivity contribution in [1.29, 1.82) is 0 Å². The van der Waals surface area contributed by atoms with E-state index in [-0.39, 0.29) is 17.5 Å². The van der Waals surface area contributed by atoms with Gasteiger partial charge >= 0.3 is 0 Å². The average molecular weight is 219 g/mol. The number of nitrogens with one attached hydrogen (secondary N) is 1. The first-order valence-electron chi connectivity index (χ1n) is 4.86. The molecule has 1 N–H and O–H groups in total. The number of rotatable bonds is 0. The summed E-state index contributed by atoms with van der Waals surface area (Å²) in [5.74, 6) is -0.207. The zero-order valence-electron chi connectivity index (χ0n) is 8.29. The summed E-state index contributed by atoms with van der Waals surface area (Å²) in [6, 6.07) is 2.72. The highest BCUT2D eigenvalue weighted by atomic mass is 16.5. The van der Waals surface area contributed by atoms with Crippen LogP contribution in [0.2, 0.25) is 0 Å². The van der Waals surface area contributed by atoms with E-state index in [4.69, 9.17) is 4.74 Å². The number of pyridine rings is 1.